The standard InChI is InChI=1S/C10H19NO/c1-4-9(2)7-11-5-6-12-8-10(11)3/h10H,2,4-8H2,1,3H3/t10-/m1/s1. The lowest BCUT2D eigenvalue weighted by Crippen LogP contribution is -2.44. The molecular formula is C10H19NO. The second-order valence-electron chi connectivity index (χ2n) is 3.50. The van der Waals surface area contributed by atoms with Crippen molar-refractivity contribution in [2.24, 2.45) is 0 Å². The van der Waals surface area contributed by atoms with Gasteiger partial charge in [-0.2, -0.15) is 0 Å². The highest BCUT2D eigenvalue weighted by Crippen LogP contribution is 2.09. The molecule has 0 aromatic rings. The number of ether oxygens (including phenoxy) is 1. The van der Waals surface area contributed by atoms with Gasteiger partial charge in [0.15, 0.2) is 0 Å². The highest BCUT2D eigenvalue weighted by molar-refractivity contribution is 4.97. The van der Waals surface area contributed by atoms with Gasteiger partial charge >= 0.3 is 0 Å². The molecule has 0 radical (unpaired) electrons. The maximum atomic E-state index is 5.36. The molecule has 0 saturated carbocycles. The van der Waals surface area contributed by atoms with Crippen LogP contribution in [0.4, 0.5) is 0 Å². The van der Waals surface area contributed by atoms with Crippen LogP contribution >= 0.6 is 0 Å². The van der Waals surface area contributed by atoms with Crippen molar-refractivity contribution >= 4 is 0 Å². The van der Waals surface area contributed by atoms with Gasteiger partial charge in [0.1, 0.15) is 0 Å². The molecule has 0 N–H and O–H groups in total. The zero-order valence-corrected chi connectivity index (χ0v) is 8.18. The highest BCUT2D eigenvalue weighted by atomic mass is 16.5. The molecule has 70 valence electrons. The summed E-state index contributed by atoms with van der Waals surface area (Å²) in [6, 6.07) is 0.557. The van der Waals surface area contributed by atoms with Crippen LogP contribution in [-0.2, 0) is 4.74 Å². The second-order valence-corrected chi connectivity index (χ2v) is 3.50. The highest BCUT2D eigenvalue weighted by Gasteiger charge is 2.18. The monoisotopic (exact) mass is 169 g/mol. The zero-order valence-electron chi connectivity index (χ0n) is 8.18. The SMILES string of the molecule is C=C(CC)CN1CCOC[C@H]1C. The van der Waals surface area contributed by atoms with Crippen molar-refractivity contribution in [1.29, 1.82) is 0 Å². The lowest BCUT2D eigenvalue weighted by Gasteiger charge is -2.33. The molecule has 0 aromatic carbocycles. The molecule has 0 unspecified atom stereocenters. The summed E-state index contributed by atoms with van der Waals surface area (Å²) < 4.78 is 5.36. The number of hydrogen-bond donors (Lipinski definition) is 0. The first-order valence-electron chi connectivity index (χ1n) is 4.72. The largest absolute Gasteiger partial charge is 0.379 e. The van der Waals surface area contributed by atoms with Crippen molar-refractivity contribution in [1.82, 2.24) is 4.90 Å². The van der Waals surface area contributed by atoms with E-state index in [1.54, 1.807) is 0 Å². The van der Waals surface area contributed by atoms with Crippen molar-refractivity contribution in [3.8, 4) is 0 Å². The molecule has 0 amide bonds. The number of nitrogens with zero attached hydrogens (tertiary/aromatic N) is 1. The van der Waals surface area contributed by atoms with Gasteiger partial charge in [-0.15, -0.1) is 0 Å². The summed E-state index contributed by atoms with van der Waals surface area (Å²) in [5.41, 5.74) is 1.32. The third-order valence-corrected chi connectivity index (χ3v) is 2.43. The normalized spacial score (nSPS) is 25.7. The van der Waals surface area contributed by atoms with Gasteiger partial charge in [0.25, 0.3) is 0 Å². The molecule has 1 fully saturated rings. The van der Waals surface area contributed by atoms with E-state index in [9.17, 15) is 0 Å². The van der Waals surface area contributed by atoms with Gasteiger partial charge in [-0.25, -0.2) is 0 Å². The van der Waals surface area contributed by atoms with E-state index in [-0.39, 0.29) is 0 Å². The molecule has 1 atom stereocenters. The maximum absolute atomic E-state index is 5.36. The van der Waals surface area contributed by atoms with Gasteiger partial charge in [-0.3, -0.25) is 4.90 Å². The van der Waals surface area contributed by atoms with Gasteiger partial charge < -0.3 is 4.74 Å². The summed E-state index contributed by atoms with van der Waals surface area (Å²) in [6.07, 6.45) is 1.09. The van der Waals surface area contributed by atoms with E-state index in [1.807, 2.05) is 0 Å². The topological polar surface area (TPSA) is 12.5 Å². The Hall–Kier alpha value is -0.340. The fourth-order valence-electron chi connectivity index (χ4n) is 1.40. The summed E-state index contributed by atoms with van der Waals surface area (Å²) in [4.78, 5) is 2.44. The van der Waals surface area contributed by atoms with Gasteiger partial charge in [-0.1, -0.05) is 19.1 Å². The van der Waals surface area contributed by atoms with Crippen LogP contribution in [0.1, 0.15) is 20.3 Å². The van der Waals surface area contributed by atoms with Gasteiger partial charge in [0, 0.05) is 19.1 Å². The van der Waals surface area contributed by atoms with Crippen LogP contribution in [0.2, 0.25) is 0 Å². The summed E-state index contributed by atoms with van der Waals surface area (Å²) in [7, 11) is 0. The molecule has 1 aliphatic rings. The third-order valence-electron chi connectivity index (χ3n) is 2.43. The van der Waals surface area contributed by atoms with E-state index in [4.69, 9.17) is 4.74 Å². The molecule has 1 aliphatic heterocycles. The summed E-state index contributed by atoms with van der Waals surface area (Å²) in [6.45, 7) is 12.2. The van der Waals surface area contributed by atoms with Crippen LogP contribution in [-0.4, -0.2) is 37.2 Å². The molecular weight excluding hydrogens is 150 g/mol. The predicted octanol–water partition coefficient (Wildman–Crippen LogP) is 1.67. The van der Waals surface area contributed by atoms with Crippen LogP contribution in [0.3, 0.4) is 0 Å². The molecule has 1 saturated heterocycles. The third kappa shape index (κ3) is 2.61. The molecule has 0 spiro atoms. The Bertz CT molecular complexity index is 156. The molecule has 0 aromatic heterocycles. The lowest BCUT2D eigenvalue weighted by molar-refractivity contribution is 0.00415. The average Bonchev–Trinajstić information content (AvgIpc) is 2.09. The number of hydrogen-bond acceptors (Lipinski definition) is 2. The van der Waals surface area contributed by atoms with E-state index >= 15 is 0 Å². The van der Waals surface area contributed by atoms with Gasteiger partial charge in [-0.05, 0) is 13.3 Å². The lowest BCUT2D eigenvalue weighted by atomic mass is 10.2. The van der Waals surface area contributed by atoms with Crippen molar-refractivity contribution in [3.63, 3.8) is 0 Å². The Morgan fingerprint density at radius 3 is 3.00 bits per heavy atom. The second kappa shape index (κ2) is 4.63. The fourth-order valence-corrected chi connectivity index (χ4v) is 1.40. The van der Waals surface area contributed by atoms with Crippen molar-refractivity contribution in [2.75, 3.05) is 26.3 Å². The van der Waals surface area contributed by atoms with Crippen LogP contribution < -0.4 is 0 Å². The molecule has 2 nitrogen and oxygen atoms in total. The molecule has 1 heterocycles. The Morgan fingerprint density at radius 1 is 1.67 bits per heavy atom. The number of morpholine rings is 1. The van der Waals surface area contributed by atoms with Gasteiger partial charge in [0.2, 0.25) is 0 Å². The van der Waals surface area contributed by atoms with E-state index in [2.05, 4.69) is 25.3 Å². The first-order chi connectivity index (χ1) is 5.74. The van der Waals surface area contributed by atoms with E-state index in [0.29, 0.717) is 6.04 Å². The Morgan fingerprint density at radius 2 is 2.42 bits per heavy atom. The zero-order chi connectivity index (χ0) is 8.97. The Kier molecular flexibility index (Phi) is 3.76. The fraction of sp³-hybridized carbons (Fsp3) is 0.800. The van der Waals surface area contributed by atoms with Crippen LogP contribution in [0.15, 0.2) is 12.2 Å². The average molecular weight is 169 g/mol. The summed E-state index contributed by atoms with van der Waals surface area (Å²) in [5, 5.41) is 0. The van der Waals surface area contributed by atoms with E-state index < -0.39 is 0 Å². The quantitative estimate of drug-likeness (QED) is 0.596. The van der Waals surface area contributed by atoms with Crippen LogP contribution in [0, 0.1) is 0 Å². The number of rotatable bonds is 3. The van der Waals surface area contributed by atoms with Gasteiger partial charge in [0.05, 0.1) is 13.2 Å². The first kappa shape index (κ1) is 9.75. The first-order valence-corrected chi connectivity index (χ1v) is 4.72. The Labute approximate surface area is 75.2 Å². The smallest absolute Gasteiger partial charge is 0.0619 e. The van der Waals surface area contributed by atoms with Crippen LogP contribution in [0.25, 0.3) is 0 Å². The van der Waals surface area contributed by atoms with E-state index in [0.717, 1.165) is 32.7 Å². The maximum Gasteiger partial charge on any atom is 0.0619 e. The van der Waals surface area contributed by atoms with Crippen molar-refractivity contribution < 1.29 is 4.74 Å². The molecule has 12 heavy (non-hydrogen) atoms. The van der Waals surface area contributed by atoms with Crippen molar-refractivity contribution in [2.45, 2.75) is 26.3 Å². The molecule has 1 rings (SSSR count). The minimum Gasteiger partial charge on any atom is -0.379 e. The minimum absolute atomic E-state index is 0.557. The summed E-state index contributed by atoms with van der Waals surface area (Å²) >= 11 is 0. The summed E-state index contributed by atoms with van der Waals surface area (Å²) in [5.74, 6) is 0. The molecule has 0 bridgehead atoms. The molecule has 2 heteroatoms. The van der Waals surface area contributed by atoms with Crippen LogP contribution in [0.5, 0.6) is 0 Å². The van der Waals surface area contributed by atoms with Crippen molar-refractivity contribution in [3.05, 3.63) is 12.2 Å². The predicted molar refractivity (Wildman–Crippen MR) is 51.3 cm³/mol. The Balaban J connectivity index is 2.33. The van der Waals surface area contributed by atoms with E-state index in [1.165, 1.54) is 5.57 Å². The molecule has 0 aliphatic carbocycles. The minimum atomic E-state index is 0.557.